The van der Waals surface area contributed by atoms with Crippen molar-refractivity contribution >= 4 is 10.9 Å². The first-order valence-electron chi connectivity index (χ1n) is 15.4. The van der Waals surface area contributed by atoms with Crippen molar-refractivity contribution in [3.63, 3.8) is 0 Å². The van der Waals surface area contributed by atoms with Crippen molar-refractivity contribution in [2.75, 3.05) is 6.54 Å². The fourth-order valence-corrected chi connectivity index (χ4v) is 6.54. The standard InChI is InChI=1S/C38H40N2O3/c1-3-28-19-30-21-32(22-31(30)20-29(28)4-2)40(23-26-11-7-5-8-12-26)24-35(41)33-15-17-36(38-34(33)16-18-37(42)39-38)43-25-27-13-9-6-10-14-27/h5-20,32,35,41H,3-4,21-25H2,1-2H3,(H,39,42)/t35-/m1/s1. The molecule has 220 valence electrons. The van der Waals surface area contributed by atoms with Gasteiger partial charge in [-0.25, -0.2) is 0 Å². The largest absolute Gasteiger partial charge is 0.487 e. The molecule has 0 amide bonds. The van der Waals surface area contributed by atoms with Crippen molar-refractivity contribution in [1.29, 1.82) is 0 Å². The number of nitrogens with one attached hydrogen (secondary N) is 1. The quantitative estimate of drug-likeness (QED) is 0.180. The molecule has 0 fully saturated rings. The van der Waals surface area contributed by atoms with Gasteiger partial charge in [0.15, 0.2) is 0 Å². The summed E-state index contributed by atoms with van der Waals surface area (Å²) in [6.45, 7) is 6.10. The van der Waals surface area contributed by atoms with Gasteiger partial charge in [-0.1, -0.05) is 92.7 Å². The fourth-order valence-electron chi connectivity index (χ4n) is 6.54. The van der Waals surface area contributed by atoms with Crippen LogP contribution in [-0.2, 0) is 38.8 Å². The molecule has 0 unspecified atom stereocenters. The predicted octanol–water partition coefficient (Wildman–Crippen LogP) is 6.93. The molecule has 4 aromatic carbocycles. The van der Waals surface area contributed by atoms with Gasteiger partial charge in [0.1, 0.15) is 12.4 Å². The van der Waals surface area contributed by atoms with E-state index in [2.05, 4.69) is 60.1 Å². The molecule has 1 heterocycles. The minimum atomic E-state index is -0.749. The highest BCUT2D eigenvalue weighted by Gasteiger charge is 2.30. The first-order valence-corrected chi connectivity index (χ1v) is 15.4. The molecule has 1 aliphatic carbocycles. The van der Waals surface area contributed by atoms with Gasteiger partial charge >= 0.3 is 0 Å². The molecule has 1 aromatic heterocycles. The van der Waals surface area contributed by atoms with Crippen LogP contribution in [0, 0.1) is 0 Å². The van der Waals surface area contributed by atoms with Crippen LogP contribution in [0.2, 0.25) is 0 Å². The molecule has 5 heteroatoms. The van der Waals surface area contributed by atoms with Gasteiger partial charge in [-0.2, -0.15) is 0 Å². The van der Waals surface area contributed by atoms with Crippen molar-refractivity contribution in [2.24, 2.45) is 0 Å². The van der Waals surface area contributed by atoms with E-state index in [1.54, 1.807) is 6.07 Å². The fraction of sp³-hybridized carbons (Fsp3) is 0.289. The Kier molecular flexibility index (Phi) is 8.73. The lowest BCUT2D eigenvalue weighted by Crippen LogP contribution is -2.38. The lowest BCUT2D eigenvalue weighted by Gasteiger charge is -2.31. The van der Waals surface area contributed by atoms with E-state index in [1.165, 1.54) is 33.9 Å². The summed E-state index contributed by atoms with van der Waals surface area (Å²) in [6.07, 6.45) is 3.31. The molecule has 2 N–H and O–H groups in total. The number of ether oxygens (including phenoxy) is 1. The molecule has 0 saturated carbocycles. The highest BCUT2D eigenvalue weighted by Crippen LogP contribution is 2.34. The first kappa shape index (κ1) is 28.9. The van der Waals surface area contributed by atoms with E-state index in [0.717, 1.165) is 48.7 Å². The smallest absolute Gasteiger partial charge is 0.248 e. The summed E-state index contributed by atoms with van der Waals surface area (Å²) >= 11 is 0. The molecule has 0 radical (unpaired) electrons. The number of hydrogen-bond acceptors (Lipinski definition) is 4. The number of pyridine rings is 1. The zero-order chi connectivity index (χ0) is 29.8. The third kappa shape index (κ3) is 6.43. The molecule has 0 spiro atoms. The van der Waals surface area contributed by atoms with Crippen LogP contribution in [0.1, 0.15) is 58.9 Å². The van der Waals surface area contributed by atoms with Crippen molar-refractivity contribution in [1.82, 2.24) is 9.88 Å². The maximum absolute atomic E-state index is 12.4. The van der Waals surface area contributed by atoms with E-state index >= 15 is 0 Å². The zero-order valence-electron chi connectivity index (χ0n) is 25.1. The van der Waals surface area contributed by atoms with Crippen LogP contribution >= 0.6 is 0 Å². The number of aliphatic hydroxyl groups excluding tert-OH is 1. The second-order valence-electron chi connectivity index (χ2n) is 11.6. The summed E-state index contributed by atoms with van der Waals surface area (Å²) in [4.78, 5) is 17.8. The lowest BCUT2D eigenvalue weighted by atomic mass is 9.97. The van der Waals surface area contributed by atoms with E-state index in [-0.39, 0.29) is 5.56 Å². The number of nitrogens with zero attached hydrogens (tertiary/aromatic N) is 1. The normalized spacial score (nSPS) is 13.9. The number of benzene rings is 4. The Morgan fingerprint density at radius 1 is 0.837 bits per heavy atom. The van der Waals surface area contributed by atoms with Gasteiger partial charge < -0.3 is 14.8 Å². The van der Waals surface area contributed by atoms with Crippen molar-refractivity contribution in [2.45, 2.75) is 64.8 Å². The third-order valence-electron chi connectivity index (χ3n) is 8.83. The number of aromatic amines is 1. The van der Waals surface area contributed by atoms with Crippen LogP contribution < -0.4 is 10.3 Å². The van der Waals surface area contributed by atoms with Crippen LogP contribution in [0.3, 0.4) is 0 Å². The van der Waals surface area contributed by atoms with Gasteiger partial charge in [0.2, 0.25) is 5.56 Å². The van der Waals surface area contributed by atoms with Crippen LogP contribution in [0.4, 0.5) is 0 Å². The van der Waals surface area contributed by atoms with Gasteiger partial charge in [-0.15, -0.1) is 0 Å². The summed E-state index contributed by atoms with van der Waals surface area (Å²) < 4.78 is 6.15. The molecule has 0 bridgehead atoms. The number of aromatic nitrogens is 1. The van der Waals surface area contributed by atoms with E-state index < -0.39 is 6.10 Å². The zero-order valence-corrected chi connectivity index (χ0v) is 25.1. The topological polar surface area (TPSA) is 65.6 Å². The highest BCUT2D eigenvalue weighted by molar-refractivity contribution is 5.87. The number of aryl methyl sites for hydroxylation is 2. The first-order chi connectivity index (χ1) is 21.0. The van der Waals surface area contributed by atoms with E-state index in [9.17, 15) is 9.90 Å². The molecular weight excluding hydrogens is 532 g/mol. The van der Waals surface area contributed by atoms with Gasteiger partial charge in [0.25, 0.3) is 0 Å². The molecule has 43 heavy (non-hydrogen) atoms. The van der Waals surface area contributed by atoms with Crippen molar-refractivity contribution in [3.05, 3.63) is 146 Å². The van der Waals surface area contributed by atoms with Crippen LogP contribution in [0.15, 0.2) is 102 Å². The maximum atomic E-state index is 12.4. The van der Waals surface area contributed by atoms with Crippen LogP contribution in [-0.4, -0.2) is 27.6 Å². The van der Waals surface area contributed by atoms with Gasteiger partial charge in [0, 0.05) is 30.6 Å². The second kappa shape index (κ2) is 13.0. The molecule has 5 nitrogen and oxygen atoms in total. The maximum Gasteiger partial charge on any atom is 0.248 e. The Hall–Kier alpha value is -4.19. The van der Waals surface area contributed by atoms with E-state index in [4.69, 9.17) is 4.74 Å². The predicted molar refractivity (Wildman–Crippen MR) is 174 cm³/mol. The Morgan fingerprint density at radius 3 is 2.09 bits per heavy atom. The minimum absolute atomic E-state index is 0.198. The number of H-pyrrole nitrogens is 1. The Morgan fingerprint density at radius 2 is 1.47 bits per heavy atom. The van der Waals surface area contributed by atoms with Gasteiger partial charge in [-0.05, 0) is 76.8 Å². The highest BCUT2D eigenvalue weighted by atomic mass is 16.5. The monoisotopic (exact) mass is 572 g/mol. The Labute approximate surface area is 253 Å². The number of fused-ring (bicyclic) bond motifs is 2. The average Bonchev–Trinajstić information content (AvgIpc) is 3.46. The molecular formula is C38H40N2O3. The Balaban J connectivity index is 1.29. The van der Waals surface area contributed by atoms with Crippen molar-refractivity contribution < 1.29 is 9.84 Å². The molecule has 0 saturated heterocycles. The lowest BCUT2D eigenvalue weighted by molar-refractivity contribution is 0.0844. The Bertz CT molecular complexity index is 1710. The van der Waals surface area contributed by atoms with E-state index in [1.807, 2.05) is 48.5 Å². The summed E-state index contributed by atoms with van der Waals surface area (Å²) in [5.74, 6) is 0.596. The van der Waals surface area contributed by atoms with Crippen LogP contribution in [0.5, 0.6) is 5.75 Å². The second-order valence-corrected chi connectivity index (χ2v) is 11.6. The summed E-state index contributed by atoms with van der Waals surface area (Å²) in [5.41, 5.74) is 9.26. The summed E-state index contributed by atoms with van der Waals surface area (Å²) in [5, 5.41) is 12.6. The average molecular weight is 573 g/mol. The molecule has 5 aromatic rings. The number of rotatable bonds is 11. The van der Waals surface area contributed by atoms with Gasteiger partial charge in [0.05, 0.1) is 11.6 Å². The third-order valence-corrected chi connectivity index (χ3v) is 8.83. The molecule has 0 aliphatic heterocycles. The SMILES string of the molecule is CCc1cc2c(cc1CC)CC(N(Cc1ccccc1)C[C@@H](O)c1ccc(OCc3ccccc3)c3[nH]c(=O)ccc13)C2. The number of hydrogen-bond donors (Lipinski definition) is 2. The molecule has 1 atom stereocenters. The minimum Gasteiger partial charge on any atom is -0.487 e. The van der Waals surface area contributed by atoms with E-state index in [0.29, 0.717) is 30.5 Å². The summed E-state index contributed by atoms with van der Waals surface area (Å²) in [7, 11) is 0. The number of aliphatic hydroxyl groups is 1. The van der Waals surface area contributed by atoms with Gasteiger partial charge in [-0.3, -0.25) is 9.69 Å². The van der Waals surface area contributed by atoms with Crippen LogP contribution in [0.25, 0.3) is 10.9 Å². The summed E-state index contributed by atoms with van der Waals surface area (Å²) in [6, 6.07) is 32.7. The molecule has 1 aliphatic rings. The van der Waals surface area contributed by atoms with Crippen molar-refractivity contribution in [3.8, 4) is 5.75 Å². The molecule has 6 rings (SSSR count).